The van der Waals surface area contributed by atoms with E-state index in [9.17, 15) is 14.4 Å². The molecule has 3 aromatic rings. The van der Waals surface area contributed by atoms with Crippen LogP contribution in [0.1, 0.15) is 29.9 Å². The van der Waals surface area contributed by atoms with Crippen LogP contribution in [-0.2, 0) is 20.7 Å². The number of nitrogens with zero attached hydrogens (tertiary/aromatic N) is 1. The zero-order valence-electron chi connectivity index (χ0n) is 18.8. The van der Waals surface area contributed by atoms with Gasteiger partial charge in [-0.15, -0.1) is 11.3 Å². The highest BCUT2D eigenvalue weighted by molar-refractivity contribution is 8.01. The number of aromatic nitrogens is 1. The fraction of sp³-hybridized carbons (Fsp3) is 0.250. The number of rotatable bonds is 11. The Morgan fingerprint density at radius 1 is 0.941 bits per heavy atom. The van der Waals surface area contributed by atoms with Crippen LogP contribution in [0, 0.1) is 0 Å². The third-order valence-electron chi connectivity index (χ3n) is 4.34. The highest BCUT2D eigenvalue weighted by Crippen LogP contribution is 2.23. The van der Waals surface area contributed by atoms with Gasteiger partial charge in [-0.3, -0.25) is 14.4 Å². The molecule has 0 saturated carbocycles. The van der Waals surface area contributed by atoms with E-state index in [1.165, 1.54) is 23.1 Å². The average molecular weight is 500 g/mol. The van der Waals surface area contributed by atoms with Gasteiger partial charge in [0, 0.05) is 22.3 Å². The lowest BCUT2D eigenvalue weighted by Crippen LogP contribution is -2.15. The van der Waals surface area contributed by atoms with Crippen molar-refractivity contribution in [3.63, 3.8) is 0 Å². The van der Waals surface area contributed by atoms with Crippen molar-refractivity contribution in [2.45, 2.75) is 24.6 Å². The lowest BCUT2D eigenvalue weighted by molar-refractivity contribution is -0.142. The number of nitrogens with one attached hydrogen (secondary N) is 2. The molecule has 0 aliphatic heterocycles. The maximum atomic E-state index is 12.5. The van der Waals surface area contributed by atoms with Crippen LogP contribution < -0.4 is 15.4 Å². The van der Waals surface area contributed by atoms with E-state index in [1.54, 1.807) is 60.8 Å². The third-order valence-corrected chi connectivity index (χ3v) is 6.41. The average Bonchev–Trinajstić information content (AvgIpc) is 3.27. The molecule has 2 N–H and O–H groups in total. The molecule has 0 bridgehead atoms. The molecule has 0 unspecified atom stereocenters. The van der Waals surface area contributed by atoms with Gasteiger partial charge in [0.25, 0.3) is 5.91 Å². The summed E-state index contributed by atoms with van der Waals surface area (Å²) in [6.45, 7) is 4.58. The fourth-order valence-electron chi connectivity index (χ4n) is 2.83. The van der Waals surface area contributed by atoms with E-state index in [0.29, 0.717) is 40.2 Å². The van der Waals surface area contributed by atoms with Gasteiger partial charge in [0.15, 0.2) is 4.34 Å². The van der Waals surface area contributed by atoms with Crippen molar-refractivity contribution < 1.29 is 23.9 Å². The van der Waals surface area contributed by atoms with Crippen molar-refractivity contribution in [2.24, 2.45) is 0 Å². The smallest absolute Gasteiger partial charge is 0.311 e. The number of hydrogen-bond donors (Lipinski definition) is 2. The number of carbonyl (C=O) groups is 3. The maximum Gasteiger partial charge on any atom is 0.311 e. The Balaban J connectivity index is 1.45. The van der Waals surface area contributed by atoms with Crippen LogP contribution in [0.3, 0.4) is 0 Å². The molecule has 178 valence electrons. The minimum Gasteiger partial charge on any atom is -0.494 e. The minimum absolute atomic E-state index is 0.121. The molecule has 10 heteroatoms. The molecule has 0 aliphatic carbocycles. The van der Waals surface area contributed by atoms with Gasteiger partial charge in [-0.05, 0) is 62.4 Å². The Kier molecular flexibility index (Phi) is 9.48. The summed E-state index contributed by atoms with van der Waals surface area (Å²) in [7, 11) is 0. The molecule has 0 aliphatic rings. The summed E-state index contributed by atoms with van der Waals surface area (Å²) in [4.78, 5) is 40.6. The van der Waals surface area contributed by atoms with Crippen LogP contribution in [0.25, 0.3) is 0 Å². The van der Waals surface area contributed by atoms with E-state index in [4.69, 9.17) is 9.47 Å². The number of hydrogen-bond acceptors (Lipinski definition) is 8. The van der Waals surface area contributed by atoms with Crippen LogP contribution in [0.5, 0.6) is 5.75 Å². The quantitative estimate of drug-likeness (QED) is 0.293. The lowest BCUT2D eigenvalue weighted by atomic mass is 10.2. The van der Waals surface area contributed by atoms with Crippen LogP contribution in [0.4, 0.5) is 11.4 Å². The molecule has 0 spiro atoms. The van der Waals surface area contributed by atoms with Crippen molar-refractivity contribution >= 4 is 52.3 Å². The number of esters is 1. The highest BCUT2D eigenvalue weighted by atomic mass is 32.2. The van der Waals surface area contributed by atoms with Gasteiger partial charge in [-0.1, -0.05) is 11.8 Å². The summed E-state index contributed by atoms with van der Waals surface area (Å²) < 4.78 is 11.0. The van der Waals surface area contributed by atoms with Crippen molar-refractivity contribution in [3.8, 4) is 5.75 Å². The molecule has 3 rings (SSSR count). The Bertz CT molecular complexity index is 1110. The van der Waals surface area contributed by atoms with Gasteiger partial charge < -0.3 is 20.1 Å². The Morgan fingerprint density at radius 2 is 1.62 bits per heavy atom. The molecular formula is C24H25N3O5S2. The predicted molar refractivity (Wildman–Crippen MR) is 134 cm³/mol. The zero-order chi connectivity index (χ0) is 24.3. The molecule has 0 atom stereocenters. The molecule has 8 nitrogen and oxygen atoms in total. The van der Waals surface area contributed by atoms with Gasteiger partial charge in [0.2, 0.25) is 5.91 Å². The van der Waals surface area contributed by atoms with E-state index >= 15 is 0 Å². The molecule has 1 aromatic heterocycles. The molecule has 34 heavy (non-hydrogen) atoms. The third kappa shape index (κ3) is 7.89. The molecular weight excluding hydrogens is 474 g/mol. The number of carbonyl (C=O) groups excluding carboxylic acids is 3. The molecule has 1 heterocycles. The maximum absolute atomic E-state index is 12.5. The molecule has 2 aromatic carbocycles. The largest absolute Gasteiger partial charge is 0.494 e. The topological polar surface area (TPSA) is 107 Å². The molecule has 0 radical (unpaired) electrons. The van der Waals surface area contributed by atoms with E-state index in [1.807, 2.05) is 6.92 Å². The minimum atomic E-state index is -0.321. The molecule has 0 saturated heterocycles. The van der Waals surface area contributed by atoms with Crippen LogP contribution in [0.2, 0.25) is 0 Å². The van der Waals surface area contributed by atoms with Crippen LogP contribution in [-0.4, -0.2) is 41.7 Å². The second-order valence-electron chi connectivity index (χ2n) is 6.91. The summed E-state index contributed by atoms with van der Waals surface area (Å²) in [5.74, 6) is 0.148. The van der Waals surface area contributed by atoms with E-state index in [-0.39, 0.29) is 30.0 Å². The normalized spacial score (nSPS) is 10.4. The summed E-state index contributed by atoms with van der Waals surface area (Å²) in [6, 6.07) is 13.8. The Hall–Kier alpha value is -3.37. The number of benzene rings is 2. The van der Waals surface area contributed by atoms with Gasteiger partial charge in [0.05, 0.1) is 31.1 Å². The number of anilines is 2. The SMILES string of the molecule is CCOC(=O)Cc1csc(SCC(=O)Nc2ccc(C(=O)Nc3ccc(OCC)cc3)cc2)n1. The molecule has 0 fully saturated rings. The highest BCUT2D eigenvalue weighted by Gasteiger charge is 2.11. The summed E-state index contributed by atoms with van der Waals surface area (Å²) in [5.41, 5.74) is 2.35. The van der Waals surface area contributed by atoms with Crippen LogP contribution in [0.15, 0.2) is 58.3 Å². The van der Waals surface area contributed by atoms with Crippen molar-refractivity contribution in [2.75, 3.05) is 29.6 Å². The summed E-state index contributed by atoms with van der Waals surface area (Å²) >= 11 is 2.67. The van der Waals surface area contributed by atoms with Crippen molar-refractivity contribution in [3.05, 3.63) is 65.2 Å². The first-order valence-corrected chi connectivity index (χ1v) is 12.5. The van der Waals surface area contributed by atoms with E-state index in [0.717, 1.165) is 5.75 Å². The van der Waals surface area contributed by atoms with Crippen molar-refractivity contribution in [1.82, 2.24) is 4.98 Å². The zero-order valence-corrected chi connectivity index (χ0v) is 20.5. The number of thioether (sulfide) groups is 1. The Labute approximate surface area is 206 Å². The number of ether oxygens (including phenoxy) is 2. The monoisotopic (exact) mass is 499 g/mol. The first-order chi connectivity index (χ1) is 16.5. The van der Waals surface area contributed by atoms with Gasteiger partial charge in [0.1, 0.15) is 5.75 Å². The van der Waals surface area contributed by atoms with Crippen LogP contribution >= 0.6 is 23.1 Å². The van der Waals surface area contributed by atoms with Gasteiger partial charge >= 0.3 is 5.97 Å². The fourth-order valence-corrected chi connectivity index (χ4v) is 4.47. The summed E-state index contributed by atoms with van der Waals surface area (Å²) in [5, 5.41) is 7.41. The summed E-state index contributed by atoms with van der Waals surface area (Å²) in [6.07, 6.45) is 0.121. The Morgan fingerprint density at radius 3 is 2.29 bits per heavy atom. The van der Waals surface area contributed by atoms with E-state index in [2.05, 4.69) is 15.6 Å². The predicted octanol–water partition coefficient (Wildman–Crippen LogP) is 4.63. The van der Waals surface area contributed by atoms with Crippen molar-refractivity contribution in [1.29, 1.82) is 0 Å². The standard InChI is InChI=1S/C24H25N3O5S2/c1-3-31-20-11-9-18(10-12-20)26-23(30)16-5-7-17(8-6-16)25-21(28)15-34-24-27-19(14-33-24)13-22(29)32-4-2/h5-12,14H,3-4,13,15H2,1-2H3,(H,25,28)(H,26,30). The molecule has 2 amide bonds. The second kappa shape index (κ2) is 12.8. The first-order valence-electron chi connectivity index (χ1n) is 10.6. The lowest BCUT2D eigenvalue weighted by Gasteiger charge is -2.08. The van der Waals surface area contributed by atoms with Gasteiger partial charge in [-0.25, -0.2) is 4.98 Å². The number of amides is 2. The van der Waals surface area contributed by atoms with E-state index < -0.39 is 0 Å². The van der Waals surface area contributed by atoms with Gasteiger partial charge in [-0.2, -0.15) is 0 Å². The first kappa shape index (κ1) is 25.3. The number of thiazole rings is 1. The second-order valence-corrected chi connectivity index (χ2v) is 8.99.